The second kappa shape index (κ2) is 3.48. The van der Waals surface area contributed by atoms with Crippen LogP contribution < -0.4 is 0 Å². The summed E-state index contributed by atoms with van der Waals surface area (Å²) in [4.78, 5) is 5.39. The molecule has 0 N–H and O–H groups in total. The highest BCUT2D eigenvalue weighted by Crippen LogP contribution is 2.28. The summed E-state index contributed by atoms with van der Waals surface area (Å²) in [6.45, 7) is 2.01. The minimum absolute atomic E-state index is 0.769. The Morgan fingerprint density at radius 2 is 2.23 bits per heavy atom. The van der Waals surface area contributed by atoms with Crippen molar-refractivity contribution in [2.24, 2.45) is 0 Å². The van der Waals surface area contributed by atoms with Gasteiger partial charge in [-0.1, -0.05) is 23.7 Å². The van der Waals surface area contributed by atoms with Gasteiger partial charge in [0, 0.05) is 5.02 Å². The molecule has 0 aliphatic rings. The van der Waals surface area contributed by atoms with E-state index in [4.69, 9.17) is 11.6 Å². The van der Waals surface area contributed by atoms with E-state index < -0.39 is 0 Å². The number of nitrogens with zero attached hydrogens (tertiary/aromatic N) is 1. The van der Waals surface area contributed by atoms with Gasteiger partial charge < -0.3 is 0 Å². The van der Waals surface area contributed by atoms with Gasteiger partial charge in [-0.05, 0) is 24.6 Å². The molecule has 0 spiro atoms. The molecule has 0 bridgehead atoms. The van der Waals surface area contributed by atoms with E-state index >= 15 is 0 Å². The van der Waals surface area contributed by atoms with E-state index in [1.165, 1.54) is 4.88 Å². The molecule has 1 aromatic carbocycles. The van der Waals surface area contributed by atoms with Gasteiger partial charge in [0.05, 0.1) is 16.1 Å². The van der Waals surface area contributed by atoms with Gasteiger partial charge in [-0.15, -0.1) is 11.3 Å². The Morgan fingerprint density at radius 1 is 1.38 bits per heavy atom. The average molecular weight is 210 g/mol. The second-order valence-corrected chi connectivity index (χ2v) is 4.07. The Morgan fingerprint density at radius 3 is 2.85 bits per heavy atom. The maximum Gasteiger partial charge on any atom is 0.0801 e. The van der Waals surface area contributed by atoms with Crippen molar-refractivity contribution in [1.29, 1.82) is 0 Å². The molecule has 0 unspecified atom stereocenters. The van der Waals surface area contributed by atoms with E-state index in [0.717, 1.165) is 16.3 Å². The first kappa shape index (κ1) is 8.73. The third kappa shape index (κ3) is 1.74. The van der Waals surface area contributed by atoms with Crippen LogP contribution in [-0.4, -0.2) is 4.98 Å². The number of thiazole rings is 1. The smallest absolute Gasteiger partial charge is 0.0801 e. The predicted octanol–water partition coefficient (Wildman–Crippen LogP) is 3.77. The quantitative estimate of drug-likeness (QED) is 0.697. The number of aromatic nitrogens is 1. The Hall–Kier alpha value is -0.860. The second-order valence-electron chi connectivity index (χ2n) is 2.78. The summed E-state index contributed by atoms with van der Waals surface area (Å²) in [7, 11) is 0. The number of hydrogen-bond acceptors (Lipinski definition) is 2. The number of hydrogen-bond donors (Lipinski definition) is 0. The molecule has 13 heavy (non-hydrogen) atoms. The van der Waals surface area contributed by atoms with Crippen molar-refractivity contribution in [3.05, 3.63) is 40.5 Å². The summed E-state index contributed by atoms with van der Waals surface area (Å²) in [6.07, 6.45) is 0. The lowest BCUT2D eigenvalue weighted by Crippen LogP contribution is -1.76. The van der Waals surface area contributed by atoms with Crippen molar-refractivity contribution in [2.75, 3.05) is 0 Å². The van der Waals surface area contributed by atoms with Gasteiger partial charge >= 0.3 is 0 Å². The molecule has 0 saturated carbocycles. The van der Waals surface area contributed by atoms with Crippen molar-refractivity contribution in [3.63, 3.8) is 0 Å². The predicted molar refractivity (Wildman–Crippen MR) is 57.3 cm³/mol. The summed E-state index contributed by atoms with van der Waals surface area (Å²) in [5.41, 5.74) is 4.06. The van der Waals surface area contributed by atoms with E-state index in [1.54, 1.807) is 11.3 Å². The van der Waals surface area contributed by atoms with Crippen LogP contribution in [0, 0.1) is 6.92 Å². The molecule has 0 aliphatic heterocycles. The highest BCUT2D eigenvalue weighted by atomic mass is 35.5. The molecule has 1 heterocycles. The van der Waals surface area contributed by atoms with E-state index in [0.29, 0.717) is 0 Å². The van der Waals surface area contributed by atoms with E-state index in [2.05, 4.69) is 4.98 Å². The SMILES string of the molecule is Cc1ncsc1-c1cccc(Cl)c1. The Kier molecular flexibility index (Phi) is 2.34. The number of halogens is 1. The van der Waals surface area contributed by atoms with Crippen LogP contribution in [0.25, 0.3) is 10.4 Å². The summed E-state index contributed by atoms with van der Waals surface area (Å²) in [5, 5.41) is 0.769. The van der Waals surface area contributed by atoms with Gasteiger partial charge in [-0.25, -0.2) is 4.98 Å². The van der Waals surface area contributed by atoms with Crippen LogP contribution in [0.1, 0.15) is 5.69 Å². The fourth-order valence-corrected chi connectivity index (χ4v) is 2.20. The molecular formula is C10H8ClNS. The van der Waals surface area contributed by atoms with E-state index in [-0.39, 0.29) is 0 Å². The van der Waals surface area contributed by atoms with Crippen LogP contribution in [0.2, 0.25) is 5.02 Å². The normalized spacial score (nSPS) is 10.3. The molecule has 2 rings (SSSR count). The highest BCUT2D eigenvalue weighted by Gasteiger charge is 2.03. The zero-order valence-electron chi connectivity index (χ0n) is 7.12. The van der Waals surface area contributed by atoms with E-state index in [1.807, 2.05) is 36.7 Å². The number of benzene rings is 1. The first-order valence-electron chi connectivity index (χ1n) is 3.93. The van der Waals surface area contributed by atoms with Crippen molar-refractivity contribution >= 4 is 22.9 Å². The maximum absolute atomic E-state index is 5.90. The standard InChI is InChI=1S/C10H8ClNS/c1-7-10(13-6-12-7)8-3-2-4-9(11)5-8/h2-6H,1H3. The molecule has 0 aliphatic carbocycles. The molecule has 1 nitrogen and oxygen atoms in total. The van der Waals surface area contributed by atoms with Gasteiger partial charge in [0.15, 0.2) is 0 Å². The Labute approximate surface area is 86.0 Å². The monoisotopic (exact) mass is 209 g/mol. The van der Waals surface area contributed by atoms with Crippen LogP contribution in [0.4, 0.5) is 0 Å². The fourth-order valence-electron chi connectivity index (χ4n) is 1.21. The van der Waals surface area contributed by atoms with Crippen molar-refractivity contribution in [3.8, 4) is 10.4 Å². The lowest BCUT2D eigenvalue weighted by atomic mass is 10.2. The maximum atomic E-state index is 5.90. The molecule has 0 atom stereocenters. The lowest BCUT2D eigenvalue weighted by molar-refractivity contribution is 1.27. The number of aryl methyl sites for hydroxylation is 1. The van der Waals surface area contributed by atoms with Gasteiger partial charge in [-0.2, -0.15) is 0 Å². The van der Waals surface area contributed by atoms with Crippen LogP contribution in [0.3, 0.4) is 0 Å². The summed E-state index contributed by atoms with van der Waals surface area (Å²) in [5.74, 6) is 0. The van der Waals surface area contributed by atoms with Crippen molar-refractivity contribution in [1.82, 2.24) is 4.98 Å². The molecule has 3 heteroatoms. The van der Waals surface area contributed by atoms with Crippen LogP contribution >= 0.6 is 22.9 Å². The topological polar surface area (TPSA) is 12.9 Å². The zero-order valence-corrected chi connectivity index (χ0v) is 8.69. The summed E-state index contributed by atoms with van der Waals surface area (Å²) < 4.78 is 0. The molecule has 0 saturated heterocycles. The largest absolute Gasteiger partial charge is 0.249 e. The summed E-state index contributed by atoms with van der Waals surface area (Å²) in [6, 6.07) is 7.84. The van der Waals surface area contributed by atoms with Gasteiger partial charge in [0.25, 0.3) is 0 Å². The van der Waals surface area contributed by atoms with Crippen LogP contribution in [-0.2, 0) is 0 Å². The van der Waals surface area contributed by atoms with Crippen LogP contribution in [0.5, 0.6) is 0 Å². The average Bonchev–Trinajstić information content (AvgIpc) is 2.51. The molecule has 66 valence electrons. The molecule has 0 fully saturated rings. The lowest BCUT2D eigenvalue weighted by Gasteiger charge is -1.98. The molecule has 2 aromatic rings. The van der Waals surface area contributed by atoms with E-state index in [9.17, 15) is 0 Å². The highest BCUT2D eigenvalue weighted by molar-refractivity contribution is 7.13. The third-order valence-electron chi connectivity index (χ3n) is 1.83. The van der Waals surface area contributed by atoms with Gasteiger partial charge in [0.1, 0.15) is 0 Å². The van der Waals surface area contributed by atoms with Crippen molar-refractivity contribution < 1.29 is 0 Å². The first-order chi connectivity index (χ1) is 6.27. The molecule has 0 amide bonds. The minimum Gasteiger partial charge on any atom is -0.249 e. The Bertz CT molecular complexity index is 422. The first-order valence-corrected chi connectivity index (χ1v) is 5.19. The van der Waals surface area contributed by atoms with Crippen molar-refractivity contribution in [2.45, 2.75) is 6.92 Å². The number of rotatable bonds is 1. The summed E-state index contributed by atoms with van der Waals surface area (Å²) >= 11 is 7.54. The minimum atomic E-state index is 0.769. The fraction of sp³-hybridized carbons (Fsp3) is 0.100. The van der Waals surface area contributed by atoms with Crippen LogP contribution in [0.15, 0.2) is 29.8 Å². The van der Waals surface area contributed by atoms with Gasteiger partial charge in [-0.3, -0.25) is 0 Å². The molecule has 1 aromatic heterocycles. The Balaban J connectivity index is 2.53. The molecule has 0 radical (unpaired) electrons. The van der Waals surface area contributed by atoms with Gasteiger partial charge in [0.2, 0.25) is 0 Å². The zero-order chi connectivity index (χ0) is 9.26. The molecular weight excluding hydrogens is 202 g/mol. The third-order valence-corrected chi connectivity index (χ3v) is 3.05.